The predicted octanol–water partition coefficient (Wildman–Crippen LogP) is 2.52. The second kappa shape index (κ2) is 5.35. The van der Waals surface area contributed by atoms with E-state index in [1.165, 1.54) is 5.01 Å². The van der Waals surface area contributed by atoms with Gasteiger partial charge in [-0.3, -0.25) is 9.80 Å². The maximum atomic E-state index is 12.7. The van der Waals surface area contributed by atoms with Crippen LogP contribution in [0.15, 0.2) is 29.4 Å². The van der Waals surface area contributed by atoms with Gasteiger partial charge >= 0.3 is 5.97 Å². The minimum Gasteiger partial charge on any atom is -0.460 e. The van der Waals surface area contributed by atoms with Crippen LogP contribution in [0.25, 0.3) is 0 Å². The number of hydrogen-bond acceptors (Lipinski definition) is 6. The van der Waals surface area contributed by atoms with E-state index in [4.69, 9.17) is 4.74 Å². The van der Waals surface area contributed by atoms with Gasteiger partial charge < -0.3 is 4.74 Å². The van der Waals surface area contributed by atoms with Crippen molar-refractivity contribution in [2.24, 2.45) is 11.0 Å². The highest BCUT2D eigenvalue weighted by Crippen LogP contribution is 2.49. The Labute approximate surface area is 140 Å². The molecule has 0 bridgehead atoms. The molecule has 1 aromatic rings. The topological polar surface area (TPSA) is 89.5 Å². The van der Waals surface area contributed by atoms with E-state index in [-0.39, 0.29) is 6.42 Å². The minimum atomic E-state index is -1.46. The molecule has 1 saturated heterocycles. The fourth-order valence-electron chi connectivity index (χ4n) is 3.28. The van der Waals surface area contributed by atoms with Gasteiger partial charge in [-0.05, 0) is 31.9 Å². The molecule has 0 radical (unpaired) electrons. The number of carbonyl (C=O) groups excluding carboxylic acids is 1. The molecule has 122 valence electrons. The number of nitrogens with zero attached hydrogens (tertiary/aromatic N) is 4. The number of nitriles is 2. The highest BCUT2D eigenvalue weighted by Gasteiger charge is 2.57. The van der Waals surface area contributed by atoms with Crippen LogP contribution in [0.4, 0.5) is 0 Å². The highest BCUT2D eigenvalue weighted by molar-refractivity contribution is 5.85. The summed E-state index contributed by atoms with van der Waals surface area (Å²) in [7, 11) is 0. The average molecular weight is 322 g/mol. The lowest BCUT2D eigenvalue weighted by Gasteiger charge is -2.33. The Morgan fingerprint density at radius 3 is 2.62 bits per heavy atom. The lowest BCUT2D eigenvalue weighted by atomic mass is 9.88. The van der Waals surface area contributed by atoms with Crippen LogP contribution in [0, 0.1) is 28.6 Å². The largest absolute Gasteiger partial charge is 0.460 e. The summed E-state index contributed by atoms with van der Waals surface area (Å²) in [4.78, 5) is 12.7. The molecular formula is C18H18N4O2. The molecule has 6 heteroatoms. The standard InChI is InChI=1S/C18H18N4O2/c1-17(2,3)24-16(23)14-8-18(10-19,11-20)22-15(14)13-7-5-4-6-12(13)9-21-22/h4-7,9,14-15H,8H2,1-3H3/t14-,15+/m1/s1. The van der Waals surface area contributed by atoms with E-state index >= 15 is 0 Å². The second-order valence-electron chi connectivity index (χ2n) is 7.09. The van der Waals surface area contributed by atoms with Gasteiger partial charge in [0.2, 0.25) is 5.54 Å². The lowest BCUT2D eigenvalue weighted by Crippen LogP contribution is -2.40. The first-order valence-electron chi connectivity index (χ1n) is 7.79. The third-order valence-electron chi connectivity index (χ3n) is 4.27. The van der Waals surface area contributed by atoms with Gasteiger partial charge in [0.25, 0.3) is 0 Å². The van der Waals surface area contributed by atoms with E-state index < -0.39 is 29.1 Å². The molecule has 2 heterocycles. The van der Waals surface area contributed by atoms with Crippen molar-refractivity contribution in [1.29, 1.82) is 10.5 Å². The Morgan fingerprint density at radius 2 is 2.00 bits per heavy atom. The monoisotopic (exact) mass is 322 g/mol. The second-order valence-corrected chi connectivity index (χ2v) is 7.09. The van der Waals surface area contributed by atoms with Crippen molar-refractivity contribution in [2.75, 3.05) is 0 Å². The van der Waals surface area contributed by atoms with E-state index in [1.807, 2.05) is 36.4 Å². The molecular weight excluding hydrogens is 304 g/mol. The van der Waals surface area contributed by atoms with Crippen LogP contribution < -0.4 is 0 Å². The van der Waals surface area contributed by atoms with Crippen LogP contribution in [0.1, 0.15) is 44.4 Å². The smallest absolute Gasteiger partial charge is 0.312 e. The summed E-state index contributed by atoms with van der Waals surface area (Å²) in [6, 6.07) is 11.2. The summed E-state index contributed by atoms with van der Waals surface area (Å²) in [5, 5.41) is 25.0. The van der Waals surface area contributed by atoms with E-state index in [9.17, 15) is 15.3 Å². The average Bonchev–Trinajstić information content (AvgIpc) is 2.89. The van der Waals surface area contributed by atoms with Crippen LogP contribution in [-0.4, -0.2) is 28.3 Å². The van der Waals surface area contributed by atoms with Gasteiger partial charge in [0.15, 0.2) is 0 Å². The van der Waals surface area contributed by atoms with Crippen molar-refractivity contribution >= 4 is 12.2 Å². The first-order valence-corrected chi connectivity index (χ1v) is 7.79. The number of hydrazone groups is 1. The molecule has 0 aromatic heterocycles. The number of hydrogen-bond donors (Lipinski definition) is 0. The first kappa shape index (κ1) is 16.0. The number of fused-ring (bicyclic) bond motifs is 3. The van der Waals surface area contributed by atoms with Gasteiger partial charge in [-0.1, -0.05) is 24.3 Å². The Hall–Kier alpha value is -2.86. The fraction of sp³-hybridized carbons (Fsp3) is 0.444. The van der Waals surface area contributed by atoms with Gasteiger partial charge in [0, 0.05) is 6.42 Å². The number of benzene rings is 1. The summed E-state index contributed by atoms with van der Waals surface area (Å²) >= 11 is 0. The Balaban J connectivity index is 2.08. The van der Waals surface area contributed by atoms with E-state index in [0.29, 0.717) is 0 Å². The van der Waals surface area contributed by atoms with Crippen molar-refractivity contribution in [3.8, 4) is 12.1 Å². The van der Waals surface area contributed by atoms with Crippen LogP contribution in [0.3, 0.4) is 0 Å². The maximum absolute atomic E-state index is 12.7. The zero-order chi connectivity index (χ0) is 17.5. The predicted molar refractivity (Wildman–Crippen MR) is 86.5 cm³/mol. The van der Waals surface area contributed by atoms with Crippen molar-refractivity contribution in [3.63, 3.8) is 0 Å². The third kappa shape index (κ3) is 2.41. The molecule has 3 rings (SSSR count). The Kier molecular flexibility index (Phi) is 3.57. The molecule has 0 amide bonds. The molecule has 0 aliphatic carbocycles. The SMILES string of the molecule is CC(C)(C)OC(=O)[C@@H]1CC(C#N)(C#N)N2N=Cc3ccccc3[C@@H]12. The molecule has 0 unspecified atom stereocenters. The third-order valence-corrected chi connectivity index (χ3v) is 4.27. The fourth-order valence-corrected chi connectivity index (χ4v) is 3.28. The summed E-state index contributed by atoms with van der Waals surface area (Å²) in [6.45, 7) is 5.39. The van der Waals surface area contributed by atoms with Crippen LogP contribution in [0.2, 0.25) is 0 Å². The summed E-state index contributed by atoms with van der Waals surface area (Å²) < 4.78 is 5.53. The van der Waals surface area contributed by atoms with Crippen LogP contribution in [0.5, 0.6) is 0 Å². The van der Waals surface area contributed by atoms with E-state index in [1.54, 1.807) is 27.0 Å². The van der Waals surface area contributed by atoms with Gasteiger partial charge in [-0.15, -0.1) is 0 Å². The summed E-state index contributed by atoms with van der Waals surface area (Å²) in [6.07, 6.45) is 1.71. The minimum absolute atomic E-state index is 0.0747. The molecule has 0 N–H and O–H groups in total. The number of ether oxygens (including phenoxy) is 1. The molecule has 0 spiro atoms. The van der Waals surface area contributed by atoms with Gasteiger partial charge in [-0.25, -0.2) is 0 Å². The normalized spacial score (nSPS) is 23.6. The quantitative estimate of drug-likeness (QED) is 0.741. The molecule has 2 atom stereocenters. The Morgan fingerprint density at radius 1 is 1.33 bits per heavy atom. The van der Waals surface area contributed by atoms with Crippen molar-refractivity contribution in [3.05, 3.63) is 35.4 Å². The maximum Gasteiger partial charge on any atom is 0.312 e. The number of esters is 1. The van der Waals surface area contributed by atoms with Gasteiger partial charge in [0.05, 0.1) is 18.2 Å². The lowest BCUT2D eigenvalue weighted by molar-refractivity contribution is -0.161. The summed E-state index contributed by atoms with van der Waals surface area (Å²) in [5.41, 5.74) is -0.324. The van der Waals surface area contributed by atoms with E-state index in [0.717, 1.165) is 11.1 Å². The van der Waals surface area contributed by atoms with E-state index in [2.05, 4.69) is 5.10 Å². The number of rotatable bonds is 1. The van der Waals surface area contributed by atoms with Crippen LogP contribution >= 0.6 is 0 Å². The van der Waals surface area contributed by atoms with Crippen molar-refractivity contribution in [2.45, 2.75) is 44.4 Å². The zero-order valence-electron chi connectivity index (χ0n) is 13.9. The van der Waals surface area contributed by atoms with Crippen molar-refractivity contribution in [1.82, 2.24) is 5.01 Å². The van der Waals surface area contributed by atoms with Crippen LogP contribution in [-0.2, 0) is 9.53 Å². The van der Waals surface area contributed by atoms with Gasteiger partial charge in [0.1, 0.15) is 17.7 Å². The molecule has 6 nitrogen and oxygen atoms in total. The molecule has 1 fully saturated rings. The first-order chi connectivity index (χ1) is 11.3. The number of carbonyl (C=O) groups is 1. The molecule has 0 saturated carbocycles. The molecule has 24 heavy (non-hydrogen) atoms. The zero-order valence-corrected chi connectivity index (χ0v) is 13.9. The van der Waals surface area contributed by atoms with Crippen molar-refractivity contribution < 1.29 is 9.53 Å². The molecule has 2 aliphatic rings. The molecule has 2 aliphatic heterocycles. The van der Waals surface area contributed by atoms with Gasteiger partial charge in [-0.2, -0.15) is 15.6 Å². The summed E-state index contributed by atoms with van der Waals surface area (Å²) in [5.74, 6) is -1.03. The molecule has 1 aromatic carbocycles. The Bertz CT molecular complexity index is 780. The highest BCUT2D eigenvalue weighted by atomic mass is 16.6.